The number of nitrogens with zero attached hydrogens (tertiary/aromatic N) is 3. The van der Waals surface area contributed by atoms with E-state index in [4.69, 9.17) is 16.2 Å². The smallest absolute Gasteiger partial charge is 0.410 e. The van der Waals surface area contributed by atoms with E-state index < -0.39 is 5.60 Å². The van der Waals surface area contributed by atoms with Crippen molar-refractivity contribution in [3.63, 3.8) is 0 Å². The summed E-state index contributed by atoms with van der Waals surface area (Å²) in [6.45, 7) is 8.91. The van der Waals surface area contributed by atoms with E-state index in [1.54, 1.807) is 11.1 Å². The minimum absolute atomic E-state index is 0.0401. The Bertz CT molecular complexity index is 810. The van der Waals surface area contributed by atoms with Crippen LogP contribution in [0.15, 0.2) is 48.7 Å². The van der Waals surface area contributed by atoms with Gasteiger partial charge in [0.1, 0.15) is 5.60 Å². The lowest BCUT2D eigenvalue weighted by Gasteiger charge is -2.27. The lowest BCUT2D eigenvalue weighted by atomic mass is 10.1. The number of rotatable bonds is 6. The van der Waals surface area contributed by atoms with Crippen LogP contribution in [0.2, 0.25) is 0 Å². The van der Waals surface area contributed by atoms with Gasteiger partial charge in [0, 0.05) is 44.5 Å². The molecule has 162 valence electrons. The number of pyridine rings is 1. The van der Waals surface area contributed by atoms with Crippen molar-refractivity contribution in [2.75, 3.05) is 13.1 Å². The second-order valence-corrected chi connectivity index (χ2v) is 9.00. The van der Waals surface area contributed by atoms with Crippen molar-refractivity contribution >= 4 is 6.09 Å². The van der Waals surface area contributed by atoms with Crippen LogP contribution in [0.4, 0.5) is 4.79 Å². The summed E-state index contributed by atoms with van der Waals surface area (Å²) in [7, 11) is 0. The van der Waals surface area contributed by atoms with Gasteiger partial charge in [-0.15, -0.1) is 0 Å². The molecule has 30 heavy (non-hydrogen) atoms. The molecule has 1 saturated heterocycles. The molecule has 2 unspecified atom stereocenters. The summed E-state index contributed by atoms with van der Waals surface area (Å²) in [5, 5.41) is 0. The first kappa shape index (κ1) is 22.2. The Kier molecular flexibility index (Phi) is 7.07. The monoisotopic (exact) mass is 411 g/mol. The summed E-state index contributed by atoms with van der Waals surface area (Å²) in [6.07, 6.45) is 1.38. The third kappa shape index (κ3) is 6.52. The summed E-state index contributed by atoms with van der Waals surface area (Å²) in [5.41, 5.74) is 14.5. The number of ether oxygens (including phenoxy) is 1. The molecule has 2 aromatic rings. The standard InChI is InChI=1S/C23H33N5O2/c1-23(2,3)30-22(29)28(14-19-6-4-5-11-26-19)13-18-9-7-17(8-10-18)12-27-15-20(24)21(25)16-27/h4-11,20-21H,12-16,24-25H2,1-3H3. The van der Waals surface area contributed by atoms with Gasteiger partial charge in [0.05, 0.1) is 12.2 Å². The van der Waals surface area contributed by atoms with Gasteiger partial charge in [-0.1, -0.05) is 30.3 Å². The molecule has 1 aliphatic heterocycles. The molecule has 7 heteroatoms. The summed E-state index contributed by atoms with van der Waals surface area (Å²) >= 11 is 0. The molecule has 2 atom stereocenters. The molecule has 1 amide bonds. The van der Waals surface area contributed by atoms with E-state index in [1.807, 2.05) is 39.0 Å². The first-order valence-corrected chi connectivity index (χ1v) is 10.4. The SMILES string of the molecule is CC(C)(C)OC(=O)N(Cc1ccc(CN2CC(N)C(N)C2)cc1)Cc1ccccn1. The third-order valence-corrected chi connectivity index (χ3v) is 5.02. The maximum Gasteiger partial charge on any atom is 0.410 e. The van der Waals surface area contributed by atoms with Crippen LogP contribution in [0.3, 0.4) is 0 Å². The fourth-order valence-electron chi connectivity index (χ4n) is 3.50. The molecule has 1 fully saturated rings. The predicted octanol–water partition coefficient (Wildman–Crippen LogP) is 2.49. The second kappa shape index (κ2) is 9.55. The Morgan fingerprint density at radius 3 is 2.27 bits per heavy atom. The Morgan fingerprint density at radius 1 is 1.07 bits per heavy atom. The molecule has 1 aromatic carbocycles. The highest BCUT2D eigenvalue weighted by molar-refractivity contribution is 5.68. The van der Waals surface area contributed by atoms with Gasteiger partial charge in [0.25, 0.3) is 0 Å². The predicted molar refractivity (Wildman–Crippen MR) is 117 cm³/mol. The number of carbonyl (C=O) groups is 1. The van der Waals surface area contributed by atoms with Crippen molar-refractivity contribution < 1.29 is 9.53 Å². The van der Waals surface area contributed by atoms with Gasteiger partial charge >= 0.3 is 6.09 Å². The molecular formula is C23H33N5O2. The first-order valence-electron chi connectivity index (χ1n) is 10.4. The van der Waals surface area contributed by atoms with Crippen molar-refractivity contribution in [2.24, 2.45) is 11.5 Å². The maximum atomic E-state index is 12.8. The number of amides is 1. The van der Waals surface area contributed by atoms with E-state index >= 15 is 0 Å². The van der Waals surface area contributed by atoms with Crippen LogP contribution in [-0.2, 0) is 24.4 Å². The minimum Gasteiger partial charge on any atom is -0.444 e. The van der Waals surface area contributed by atoms with Crippen LogP contribution in [0.1, 0.15) is 37.6 Å². The number of carbonyl (C=O) groups excluding carboxylic acids is 1. The third-order valence-electron chi connectivity index (χ3n) is 5.02. The summed E-state index contributed by atoms with van der Waals surface area (Å²) in [5.74, 6) is 0. The van der Waals surface area contributed by atoms with E-state index in [2.05, 4.69) is 34.1 Å². The van der Waals surface area contributed by atoms with Crippen molar-refractivity contribution in [1.82, 2.24) is 14.8 Å². The highest BCUT2D eigenvalue weighted by Gasteiger charge is 2.27. The topological polar surface area (TPSA) is 97.7 Å². The fourth-order valence-corrected chi connectivity index (χ4v) is 3.50. The maximum absolute atomic E-state index is 12.8. The van der Waals surface area contributed by atoms with Gasteiger partial charge in [0.15, 0.2) is 0 Å². The van der Waals surface area contributed by atoms with Gasteiger partial charge in [-0.05, 0) is 44.0 Å². The van der Waals surface area contributed by atoms with Crippen molar-refractivity contribution in [3.05, 3.63) is 65.5 Å². The molecule has 2 heterocycles. The highest BCUT2D eigenvalue weighted by atomic mass is 16.6. The fraction of sp³-hybridized carbons (Fsp3) is 0.478. The molecule has 0 saturated carbocycles. The van der Waals surface area contributed by atoms with Gasteiger partial charge in [-0.2, -0.15) is 0 Å². The number of aromatic nitrogens is 1. The Balaban J connectivity index is 1.66. The lowest BCUT2D eigenvalue weighted by molar-refractivity contribution is 0.0214. The minimum atomic E-state index is -0.555. The Labute approximate surface area is 179 Å². The van der Waals surface area contributed by atoms with E-state index in [9.17, 15) is 4.79 Å². The van der Waals surface area contributed by atoms with Crippen molar-refractivity contribution in [1.29, 1.82) is 0 Å². The van der Waals surface area contributed by atoms with E-state index in [1.165, 1.54) is 5.56 Å². The molecule has 0 spiro atoms. The van der Waals surface area contributed by atoms with Crippen LogP contribution in [-0.4, -0.2) is 51.7 Å². The van der Waals surface area contributed by atoms with Gasteiger partial charge in [-0.3, -0.25) is 14.8 Å². The number of hydrogen-bond donors (Lipinski definition) is 2. The molecule has 7 nitrogen and oxygen atoms in total. The van der Waals surface area contributed by atoms with E-state index in [0.717, 1.165) is 30.9 Å². The molecular weight excluding hydrogens is 378 g/mol. The number of hydrogen-bond acceptors (Lipinski definition) is 6. The normalized spacial score (nSPS) is 19.6. The van der Waals surface area contributed by atoms with Crippen LogP contribution < -0.4 is 11.5 Å². The van der Waals surface area contributed by atoms with Crippen molar-refractivity contribution in [3.8, 4) is 0 Å². The molecule has 0 radical (unpaired) electrons. The zero-order valence-corrected chi connectivity index (χ0v) is 18.1. The number of benzene rings is 1. The Hall–Kier alpha value is -2.48. The average molecular weight is 412 g/mol. The van der Waals surface area contributed by atoms with E-state index in [-0.39, 0.29) is 18.2 Å². The first-order chi connectivity index (χ1) is 14.2. The molecule has 4 N–H and O–H groups in total. The summed E-state index contributed by atoms with van der Waals surface area (Å²) in [4.78, 5) is 21.1. The zero-order valence-electron chi connectivity index (χ0n) is 18.1. The quantitative estimate of drug-likeness (QED) is 0.758. The summed E-state index contributed by atoms with van der Waals surface area (Å²) < 4.78 is 5.61. The Morgan fingerprint density at radius 2 is 1.70 bits per heavy atom. The zero-order chi connectivity index (χ0) is 21.7. The van der Waals surface area contributed by atoms with Gasteiger partial charge in [0.2, 0.25) is 0 Å². The van der Waals surface area contributed by atoms with Gasteiger partial charge < -0.3 is 16.2 Å². The second-order valence-electron chi connectivity index (χ2n) is 9.00. The number of nitrogens with two attached hydrogens (primary N) is 2. The molecule has 1 aliphatic rings. The molecule has 1 aromatic heterocycles. The van der Waals surface area contributed by atoms with Crippen LogP contribution in [0.25, 0.3) is 0 Å². The summed E-state index contributed by atoms with van der Waals surface area (Å²) in [6, 6.07) is 14.1. The highest BCUT2D eigenvalue weighted by Crippen LogP contribution is 2.17. The lowest BCUT2D eigenvalue weighted by Crippen LogP contribution is -2.39. The molecule has 3 rings (SSSR count). The average Bonchev–Trinajstić information content (AvgIpc) is 2.99. The van der Waals surface area contributed by atoms with Crippen LogP contribution in [0, 0.1) is 0 Å². The molecule has 0 bridgehead atoms. The number of likely N-dealkylation sites (tertiary alicyclic amines) is 1. The van der Waals surface area contributed by atoms with Crippen LogP contribution in [0.5, 0.6) is 0 Å². The molecule has 0 aliphatic carbocycles. The van der Waals surface area contributed by atoms with Crippen molar-refractivity contribution in [2.45, 2.75) is 58.1 Å². The van der Waals surface area contributed by atoms with Gasteiger partial charge in [-0.25, -0.2) is 4.79 Å². The largest absolute Gasteiger partial charge is 0.444 e. The van der Waals surface area contributed by atoms with Crippen LogP contribution >= 0.6 is 0 Å². The van der Waals surface area contributed by atoms with E-state index in [0.29, 0.717) is 13.1 Å².